The first-order valence-corrected chi connectivity index (χ1v) is 11.2. The molecule has 3 unspecified atom stereocenters. The molecule has 3 atom stereocenters. The Hall–Kier alpha value is -2.86. The average Bonchev–Trinajstić information content (AvgIpc) is 2.81. The maximum absolute atomic E-state index is 13.9. The van der Waals surface area contributed by atoms with E-state index in [-0.39, 0.29) is 29.7 Å². The van der Waals surface area contributed by atoms with Gasteiger partial charge in [-0.25, -0.2) is 8.78 Å². The van der Waals surface area contributed by atoms with Crippen LogP contribution in [0.15, 0.2) is 42.5 Å². The molecule has 33 heavy (non-hydrogen) atoms. The van der Waals surface area contributed by atoms with Gasteiger partial charge in [0.15, 0.2) is 0 Å². The fourth-order valence-electron chi connectivity index (χ4n) is 4.55. The largest absolute Gasteiger partial charge is 0.370 e. The Morgan fingerprint density at radius 1 is 1.12 bits per heavy atom. The number of nitrogens with one attached hydrogen (secondary N) is 1. The number of fused-ring (bicyclic) bond motifs is 2. The number of benzene rings is 2. The van der Waals surface area contributed by atoms with Crippen LogP contribution in [0.3, 0.4) is 0 Å². The predicted octanol–water partition coefficient (Wildman–Crippen LogP) is 2.47. The molecule has 2 heterocycles. The van der Waals surface area contributed by atoms with Crippen LogP contribution in [0.4, 0.5) is 8.78 Å². The third kappa shape index (κ3) is 5.74. The van der Waals surface area contributed by atoms with Crippen LogP contribution in [-0.2, 0) is 22.5 Å². The summed E-state index contributed by atoms with van der Waals surface area (Å²) in [6.07, 6.45) is 0.226. The second-order valence-electron chi connectivity index (χ2n) is 8.75. The van der Waals surface area contributed by atoms with Crippen molar-refractivity contribution in [3.63, 3.8) is 0 Å². The summed E-state index contributed by atoms with van der Waals surface area (Å²) in [5.41, 5.74) is 1.66. The van der Waals surface area contributed by atoms with E-state index < -0.39 is 11.6 Å². The molecular weight excluding hydrogens is 426 g/mol. The smallest absolute Gasteiger partial charge is 0.237 e. The summed E-state index contributed by atoms with van der Waals surface area (Å²) in [6.45, 7) is 5.47. The number of nitrogens with zero attached hydrogens (tertiary/aromatic N) is 3. The minimum absolute atomic E-state index is 0.0447. The van der Waals surface area contributed by atoms with E-state index in [0.717, 1.165) is 5.56 Å². The molecule has 2 saturated heterocycles. The first-order chi connectivity index (χ1) is 15.9. The quantitative estimate of drug-likeness (QED) is 0.696. The minimum Gasteiger partial charge on any atom is -0.370 e. The zero-order valence-corrected chi connectivity index (χ0v) is 18.6. The molecule has 2 fully saturated rings. The maximum Gasteiger partial charge on any atom is 0.237 e. The highest BCUT2D eigenvalue weighted by molar-refractivity contribution is 5.81. The van der Waals surface area contributed by atoms with E-state index in [4.69, 9.17) is 10.00 Å². The number of hydrogen-bond donors (Lipinski definition) is 1. The lowest BCUT2D eigenvalue weighted by Crippen LogP contribution is -2.62. The molecule has 0 aromatic heterocycles. The number of amides is 1. The Morgan fingerprint density at radius 2 is 1.76 bits per heavy atom. The Kier molecular flexibility index (Phi) is 7.33. The summed E-state index contributed by atoms with van der Waals surface area (Å²) in [5.74, 6) is -1.06. The third-order valence-electron chi connectivity index (χ3n) is 6.40. The van der Waals surface area contributed by atoms with Gasteiger partial charge in [0.25, 0.3) is 0 Å². The molecule has 8 heteroatoms. The van der Waals surface area contributed by atoms with Crippen molar-refractivity contribution in [1.29, 1.82) is 5.26 Å². The fraction of sp³-hybridized carbons (Fsp3) is 0.440. The van der Waals surface area contributed by atoms with E-state index in [9.17, 15) is 13.6 Å². The summed E-state index contributed by atoms with van der Waals surface area (Å²) < 4.78 is 33.9. The van der Waals surface area contributed by atoms with Gasteiger partial charge >= 0.3 is 0 Å². The van der Waals surface area contributed by atoms with Crippen LogP contribution < -0.4 is 5.32 Å². The van der Waals surface area contributed by atoms with Gasteiger partial charge in [0.1, 0.15) is 11.6 Å². The van der Waals surface area contributed by atoms with Crippen LogP contribution in [0.2, 0.25) is 0 Å². The van der Waals surface area contributed by atoms with Crippen LogP contribution in [-0.4, -0.2) is 66.7 Å². The Bertz CT molecular complexity index is 990. The van der Waals surface area contributed by atoms with Gasteiger partial charge in [-0.05, 0) is 43.2 Å². The number of nitriles is 1. The second kappa shape index (κ2) is 10.4. The molecule has 2 aliphatic heterocycles. The van der Waals surface area contributed by atoms with Crippen molar-refractivity contribution in [3.8, 4) is 6.07 Å². The van der Waals surface area contributed by atoms with Crippen LogP contribution >= 0.6 is 0 Å². The highest BCUT2D eigenvalue weighted by Gasteiger charge is 2.37. The Balaban J connectivity index is 1.26. The highest BCUT2D eigenvalue weighted by Crippen LogP contribution is 2.22. The van der Waals surface area contributed by atoms with Gasteiger partial charge < -0.3 is 10.1 Å². The molecule has 0 radical (unpaired) electrons. The molecule has 2 bridgehead atoms. The van der Waals surface area contributed by atoms with E-state index in [1.54, 1.807) is 12.1 Å². The van der Waals surface area contributed by atoms with E-state index in [1.807, 2.05) is 19.1 Å². The number of hydrogen-bond acceptors (Lipinski definition) is 5. The summed E-state index contributed by atoms with van der Waals surface area (Å²) in [4.78, 5) is 17.1. The van der Waals surface area contributed by atoms with Crippen LogP contribution in [0.25, 0.3) is 0 Å². The van der Waals surface area contributed by atoms with Crippen molar-refractivity contribution in [3.05, 3.63) is 70.8 Å². The molecule has 0 aliphatic carbocycles. The predicted molar refractivity (Wildman–Crippen MR) is 119 cm³/mol. The Labute approximate surface area is 192 Å². The van der Waals surface area contributed by atoms with Gasteiger partial charge in [-0.1, -0.05) is 18.2 Å². The summed E-state index contributed by atoms with van der Waals surface area (Å²) in [5, 5.41) is 11.9. The standard InChI is InChI=1S/C25H28F2N4O2/c1-17(25(32)29-12-19-7-5-18(11-28)6-8-19)31-15-20-13-30(14-21(16-31)33-20)10-9-22-23(26)3-2-4-24(22)27/h2-8,17,20-21H,9-10,12-16H2,1H3,(H,29,32). The SMILES string of the molecule is CC(C(=O)NCc1ccc(C#N)cc1)N1CC2CN(CCc3c(F)cccc3F)CC(C1)O2. The Morgan fingerprint density at radius 3 is 2.36 bits per heavy atom. The number of carbonyl (C=O) groups excluding carboxylic acids is 1. The van der Waals surface area contributed by atoms with E-state index in [2.05, 4.69) is 21.2 Å². The normalized spacial score (nSPS) is 21.9. The lowest BCUT2D eigenvalue weighted by Gasteiger charge is -2.47. The molecule has 0 saturated carbocycles. The third-order valence-corrected chi connectivity index (χ3v) is 6.40. The molecule has 2 aliphatic rings. The number of morpholine rings is 2. The van der Waals surface area contributed by atoms with E-state index in [1.165, 1.54) is 18.2 Å². The average molecular weight is 455 g/mol. The first-order valence-electron chi connectivity index (χ1n) is 11.2. The summed E-state index contributed by atoms with van der Waals surface area (Å²) in [6, 6.07) is 12.9. The lowest BCUT2D eigenvalue weighted by atomic mass is 10.1. The monoisotopic (exact) mass is 454 g/mol. The van der Waals surface area contributed by atoms with E-state index in [0.29, 0.717) is 51.3 Å². The van der Waals surface area contributed by atoms with Gasteiger partial charge in [-0.3, -0.25) is 14.6 Å². The molecule has 1 amide bonds. The summed E-state index contributed by atoms with van der Waals surface area (Å²) in [7, 11) is 0. The molecular formula is C25H28F2N4O2. The van der Waals surface area contributed by atoms with Crippen molar-refractivity contribution in [1.82, 2.24) is 15.1 Å². The van der Waals surface area contributed by atoms with Crippen molar-refractivity contribution >= 4 is 5.91 Å². The zero-order chi connectivity index (χ0) is 23.4. The second-order valence-corrected chi connectivity index (χ2v) is 8.75. The molecule has 0 spiro atoms. The van der Waals surface area contributed by atoms with Crippen LogP contribution in [0, 0.1) is 23.0 Å². The molecule has 2 aromatic rings. The van der Waals surface area contributed by atoms with Gasteiger partial charge in [0, 0.05) is 44.8 Å². The van der Waals surface area contributed by atoms with Crippen molar-refractivity contribution in [2.45, 2.75) is 38.1 Å². The number of carbonyl (C=O) groups is 1. The molecule has 174 valence electrons. The molecule has 4 rings (SSSR count). The highest BCUT2D eigenvalue weighted by atomic mass is 19.1. The lowest BCUT2D eigenvalue weighted by molar-refractivity contribution is -0.152. The molecule has 6 nitrogen and oxygen atoms in total. The molecule has 1 N–H and O–H groups in total. The van der Waals surface area contributed by atoms with Gasteiger partial charge in [-0.2, -0.15) is 5.26 Å². The van der Waals surface area contributed by atoms with Crippen LogP contribution in [0.5, 0.6) is 0 Å². The van der Waals surface area contributed by atoms with Crippen molar-refractivity contribution in [2.24, 2.45) is 0 Å². The molecule has 2 aromatic carbocycles. The number of ether oxygens (including phenoxy) is 1. The van der Waals surface area contributed by atoms with Gasteiger partial charge in [0.05, 0.1) is 29.9 Å². The summed E-state index contributed by atoms with van der Waals surface area (Å²) >= 11 is 0. The van der Waals surface area contributed by atoms with E-state index >= 15 is 0 Å². The van der Waals surface area contributed by atoms with Crippen LogP contribution in [0.1, 0.15) is 23.6 Å². The first kappa shape index (κ1) is 23.3. The maximum atomic E-state index is 13.9. The van der Waals surface area contributed by atoms with Gasteiger partial charge in [0.2, 0.25) is 5.91 Å². The van der Waals surface area contributed by atoms with Crippen molar-refractivity contribution < 1.29 is 18.3 Å². The van der Waals surface area contributed by atoms with Crippen molar-refractivity contribution in [2.75, 3.05) is 32.7 Å². The minimum atomic E-state index is -0.504. The topological polar surface area (TPSA) is 68.6 Å². The fourth-order valence-corrected chi connectivity index (χ4v) is 4.55. The number of rotatable bonds is 7. The van der Waals surface area contributed by atoms with Gasteiger partial charge in [-0.15, -0.1) is 0 Å². The number of halogens is 2. The zero-order valence-electron chi connectivity index (χ0n) is 18.6.